The van der Waals surface area contributed by atoms with Crippen LogP contribution in [0.2, 0.25) is 0 Å². The van der Waals surface area contributed by atoms with E-state index >= 15 is 0 Å². The van der Waals surface area contributed by atoms with Gasteiger partial charge in [0.15, 0.2) is 17.5 Å². The van der Waals surface area contributed by atoms with Crippen LogP contribution in [0.25, 0.3) is 155 Å². The molecule has 0 atom stereocenters. The predicted octanol–water partition coefficient (Wildman–Crippen LogP) is 18.8. The minimum absolute atomic E-state index is 0.536. The van der Waals surface area contributed by atoms with Crippen LogP contribution in [0.4, 0.5) is 0 Å². The summed E-state index contributed by atoms with van der Waals surface area (Å²) in [4.78, 5) is 15.7. The van der Waals surface area contributed by atoms with Crippen LogP contribution in [-0.2, 0) is 0 Å². The van der Waals surface area contributed by atoms with Crippen LogP contribution < -0.4 is 0 Å². The standard InChI is InChI=1S/C76H46N8/c77-47-51-26-21-35-59(73(51)84-67-39-20-16-34-57(67)63-44-61-55-32-14-18-37-65(55)82(70(61)46-72(63)84)53-29-11-4-12-30-53)58-41-40-50(76-79-74(48-22-5-1-6-23-48)78-75(80-76)49-24-7-2-8-25-49)42-68(58)83-66-38-19-15-33-56(66)62-43-60-54-31-13-17-36-64(54)81(69(60)45-71(62)83)52-27-9-3-10-28-52/h1-46H. The second kappa shape index (κ2) is 18.7. The number of benzene rings is 12. The average molecular weight is 1070 g/mol. The van der Waals surface area contributed by atoms with Gasteiger partial charge in [0.1, 0.15) is 6.07 Å². The average Bonchev–Trinajstić information content (AvgIpc) is 2.38. The smallest absolute Gasteiger partial charge is 0.164 e. The molecule has 17 aromatic rings. The molecule has 0 aliphatic rings. The summed E-state index contributed by atoms with van der Waals surface area (Å²) in [6.07, 6.45) is 0. The zero-order valence-corrected chi connectivity index (χ0v) is 45.1. The Balaban J connectivity index is 0.997. The number of nitrogens with zero attached hydrogens (tertiary/aromatic N) is 8. The molecule has 0 saturated heterocycles. The van der Waals surface area contributed by atoms with Gasteiger partial charge < -0.3 is 18.3 Å². The first-order chi connectivity index (χ1) is 41.6. The van der Waals surface area contributed by atoms with Gasteiger partial charge in [-0.25, -0.2) is 15.0 Å². The van der Waals surface area contributed by atoms with Crippen LogP contribution >= 0.6 is 0 Å². The number of hydrogen-bond acceptors (Lipinski definition) is 4. The van der Waals surface area contributed by atoms with Gasteiger partial charge in [0.25, 0.3) is 0 Å². The van der Waals surface area contributed by atoms with Crippen LogP contribution in [0, 0.1) is 11.3 Å². The SMILES string of the molecule is N#Cc1cccc(-c2ccc(-c3nc(-c4ccccc4)nc(-c4ccccc4)n3)cc2-n2c3ccccc3c3cc4c5ccccc5n(-c5ccccc5)c4cc32)c1-n1c2ccccc2c2cc3c4ccccc4n(-c4ccccc4)c3cc21. The summed E-state index contributed by atoms with van der Waals surface area (Å²) < 4.78 is 9.50. The molecule has 0 aliphatic carbocycles. The van der Waals surface area contributed by atoms with Gasteiger partial charge in [-0.15, -0.1) is 0 Å². The molecule has 8 nitrogen and oxygen atoms in total. The Morgan fingerprint density at radius 3 is 1.11 bits per heavy atom. The number of hydrogen-bond donors (Lipinski definition) is 0. The lowest BCUT2D eigenvalue weighted by atomic mass is 9.96. The van der Waals surface area contributed by atoms with E-state index in [0.29, 0.717) is 23.0 Å². The fourth-order valence-electron chi connectivity index (χ4n) is 13.2. The minimum Gasteiger partial charge on any atom is -0.309 e. The third kappa shape index (κ3) is 7.16. The van der Waals surface area contributed by atoms with Gasteiger partial charge in [0.2, 0.25) is 0 Å². The van der Waals surface area contributed by atoms with Crippen molar-refractivity contribution in [3.63, 3.8) is 0 Å². The van der Waals surface area contributed by atoms with Crippen molar-refractivity contribution in [2.75, 3.05) is 0 Å². The van der Waals surface area contributed by atoms with Crippen molar-refractivity contribution in [1.29, 1.82) is 5.26 Å². The normalized spacial score (nSPS) is 11.8. The lowest BCUT2D eigenvalue weighted by Gasteiger charge is -2.20. The van der Waals surface area contributed by atoms with Crippen molar-refractivity contribution in [1.82, 2.24) is 33.2 Å². The molecule has 8 heteroatoms. The third-order valence-electron chi connectivity index (χ3n) is 16.8. The number of nitriles is 1. The maximum absolute atomic E-state index is 11.5. The Morgan fingerprint density at radius 1 is 0.262 bits per heavy atom. The third-order valence-corrected chi connectivity index (χ3v) is 16.8. The van der Waals surface area contributed by atoms with Gasteiger partial charge in [0, 0.05) is 82.3 Å². The Hall–Kier alpha value is -11.7. The Morgan fingerprint density at radius 2 is 0.643 bits per heavy atom. The topological polar surface area (TPSA) is 82.2 Å². The van der Waals surface area contributed by atoms with Gasteiger partial charge in [-0.2, -0.15) is 5.26 Å². The van der Waals surface area contributed by atoms with E-state index in [2.05, 4.69) is 231 Å². The molecule has 5 aromatic heterocycles. The summed E-state index contributed by atoms with van der Waals surface area (Å²) in [6.45, 7) is 0. The first kappa shape index (κ1) is 47.2. The highest BCUT2D eigenvalue weighted by atomic mass is 15.1. The molecule has 12 aromatic carbocycles. The zero-order chi connectivity index (χ0) is 55.4. The van der Waals surface area contributed by atoms with Crippen molar-refractivity contribution < 1.29 is 0 Å². The van der Waals surface area contributed by atoms with Crippen LogP contribution in [0.1, 0.15) is 5.56 Å². The summed E-state index contributed by atoms with van der Waals surface area (Å²) in [5, 5.41) is 20.7. The molecule has 17 rings (SSSR count). The van der Waals surface area contributed by atoms with Crippen LogP contribution in [0.5, 0.6) is 0 Å². The van der Waals surface area contributed by atoms with Crippen molar-refractivity contribution >= 4 is 87.2 Å². The molecule has 0 spiro atoms. The van der Waals surface area contributed by atoms with Crippen LogP contribution in [-0.4, -0.2) is 33.2 Å². The van der Waals surface area contributed by atoms with E-state index in [4.69, 9.17) is 15.0 Å². The molecule has 0 amide bonds. The molecular formula is C76H46N8. The Labute approximate surface area is 481 Å². The van der Waals surface area contributed by atoms with E-state index in [-0.39, 0.29) is 0 Å². The van der Waals surface area contributed by atoms with Gasteiger partial charge >= 0.3 is 0 Å². The molecule has 0 radical (unpaired) electrons. The monoisotopic (exact) mass is 1070 g/mol. The van der Waals surface area contributed by atoms with Gasteiger partial charge in [-0.3, -0.25) is 0 Å². The van der Waals surface area contributed by atoms with Crippen molar-refractivity contribution in [3.05, 3.63) is 285 Å². The number of fused-ring (bicyclic) bond motifs is 12. The summed E-state index contributed by atoms with van der Waals surface area (Å²) in [7, 11) is 0. The van der Waals surface area contributed by atoms with E-state index in [1.54, 1.807) is 0 Å². The zero-order valence-electron chi connectivity index (χ0n) is 45.1. The maximum atomic E-state index is 11.5. The molecule has 0 bridgehead atoms. The molecule has 5 heterocycles. The lowest BCUT2D eigenvalue weighted by molar-refractivity contribution is 1.07. The summed E-state index contributed by atoms with van der Waals surface area (Å²) >= 11 is 0. The molecule has 84 heavy (non-hydrogen) atoms. The minimum atomic E-state index is 0.536. The van der Waals surface area contributed by atoms with Crippen molar-refractivity contribution in [2.45, 2.75) is 0 Å². The Kier molecular flexibility index (Phi) is 10.5. The maximum Gasteiger partial charge on any atom is 0.164 e. The van der Waals surface area contributed by atoms with E-state index in [1.165, 1.54) is 16.2 Å². The van der Waals surface area contributed by atoms with Crippen molar-refractivity contribution in [2.24, 2.45) is 0 Å². The fourth-order valence-corrected chi connectivity index (χ4v) is 13.2. The second-order valence-electron chi connectivity index (χ2n) is 21.4. The largest absolute Gasteiger partial charge is 0.309 e. The first-order valence-corrected chi connectivity index (χ1v) is 28.2. The predicted molar refractivity (Wildman–Crippen MR) is 344 cm³/mol. The van der Waals surface area contributed by atoms with E-state index in [0.717, 1.165) is 122 Å². The van der Waals surface area contributed by atoms with Gasteiger partial charge in [0.05, 0.1) is 61.1 Å². The van der Waals surface area contributed by atoms with Crippen LogP contribution in [0.15, 0.2) is 279 Å². The van der Waals surface area contributed by atoms with Gasteiger partial charge in [-0.1, -0.05) is 194 Å². The quantitative estimate of drug-likeness (QED) is 0.152. The summed E-state index contributed by atoms with van der Waals surface area (Å²) in [5.74, 6) is 1.69. The number of rotatable bonds is 8. The van der Waals surface area contributed by atoms with E-state index < -0.39 is 0 Å². The molecule has 0 unspecified atom stereocenters. The molecule has 0 aliphatic heterocycles. The Bertz CT molecular complexity index is 5490. The van der Waals surface area contributed by atoms with E-state index in [1.807, 2.05) is 72.8 Å². The molecule has 0 saturated carbocycles. The molecule has 0 fully saturated rings. The fraction of sp³-hybridized carbons (Fsp3) is 0. The van der Waals surface area contributed by atoms with Crippen molar-refractivity contribution in [3.8, 4) is 74.1 Å². The molecule has 390 valence electrons. The number of para-hydroxylation sites is 7. The molecular weight excluding hydrogens is 1020 g/mol. The van der Waals surface area contributed by atoms with Gasteiger partial charge in [-0.05, 0) is 84.9 Å². The molecule has 0 N–H and O–H groups in total. The summed E-state index contributed by atoms with van der Waals surface area (Å²) in [5.41, 5.74) is 17.2. The highest BCUT2D eigenvalue weighted by Gasteiger charge is 2.26. The highest BCUT2D eigenvalue weighted by molar-refractivity contribution is 6.21. The highest BCUT2D eigenvalue weighted by Crippen LogP contribution is 2.46. The number of aromatic nitrogens is 7. The van der Waals surface area contributed by atoms with Crippen LogP contribution in [0.3, 0.4) is 0 Å². The second-order valence-corrected chi connectivity index (χ2v) is 21.4. The lowest BCUT2D eigenvalue weighted by Crippen LogP contribution is -2.05. The first-order valence-electron chi connectivity index (χ1n) is 28.2. The van der Waals surface area contributed by atoms with E-state index in [9.17, 15) is 5.26 Å². The summed E-state index contributed by atoms with van der Waals surface area (Å²) in [6, 6.07) is 101.